The highest BCUT2D eigenvalue weighted by atomic mass is 16.5. The summed E-state index contributed by atoms with van der Waals surface area (Å²) in [5, 5.41) is 7.26. The molecule has 1 N–H and O–H groups in total. The van der Waals surface area contributed by atoms with Crippen LogP contribution in [0.15, 0.2) is 30.5 Å². The van der Waals surface area contributed by atoms with Crippen LogP contribution in [0.5, 0.6) is 0 Å². The number of benzene rings is 1. The summed E-state index contributed by atoms with van der Waals surface area (Å²) in [5.74, 6) is -0.507. The van der Waals surface area contributed by atoms with Crippen molar-refractivity contribution in [3.63, 3.8) is 0 Å². The molecule has 2 aromatic rings. The lowest BCUT2D eigenvalue weighted by Gasteiger charge is -2.16. The van der Waals surface area contributed by atoms with Crippen LogP contribution in [0.3, 0.4) is 0 Å². The first-order chi connectivity index (χ1) is 12.4. The van der Waals surface area contributed by atoms with Gasteiger partial charge >= 0.3 is 5.97 Å². The van der Waals surface area contributed by atoms with Gasteiger partial charge in [-0.05, 0) is 32.0 Å². The zero-order valence-corrected chi connectivity index (χ0v) is 15.8. The predicted molar refractivity (Wildman–Crippen MR) is 99.9 cm³/mol. The van der Waals surface area contributed by atoms with Crippen LogP contribution in [0.25, 0.3) is 0 Å². The lowest BCUT2D eigenvalue weighted by atomic mass is 10.1. The molecule has 0 spiro atoms. The number of ether oxygens (including phenoxy) is 1. The molecule has 1 amide bonds. The van der Waals surface area contributed by atoms with Crippen molar-refractivity contribution in [2.45, 2.75) is 26.8 Å². The summed E-state index contributed by atoms with van der Waals surface area (Å²) in [6.07, 6.45) is 2.49. The Hall–Kier alpha value is -2.67. The molecule has 26 heavy (non-hydrogen) atoms. The molecule has 1 heterocycles. The van der Waals surface area contributed by atoms with Gasteiger partial charge in [-0.1, -0.05) is 25.1 Å². The van der Waals surface area contributed by atoms with E-state index in [0.29, 0.717) is 24.4 Å². The maximum Gasteiger partial charge on any atom is 0.341 e. The fraction of sp³-hybridized carbons (Fsp3) is 0.421. The lowest BCUT2D eigenvalue weighted by Crippen LogP contribution is -2.30. The van der Waals surface area contributed by atoms with Gasteiger partial charge < -0.3 is 10.1 Å². The van der Waals surface area contributed by atoms with Gasteiger partial charge in [-0.25, -0.2) is 4.79 Å². The van der Waals surface area contributed by atoms with Crippen molar-refractivity contribution in [3.05, 3.63) is 47.3 Å². The summed E-state index contributed by atoms with van der Waals surface area (Å²) in [7, 11) is 3.57. The van der Waals surface area contributed by atoms with E-state index in [4.69, 9.17) is 4.74 Å². The van der Waals surface area contributed by atoms with E-state index in [0.717, 1.165) is 17.7 Å². The molecule has 0 atom stereocenters. The SMILES string of the molecule is CCOC(=O)c1cn(C)nc1CN(C)CC(=O)Nc1ccccc1CC. The summed E-state index contributed by atoms with van der Waals surface area (Å²) in [5.41, 5.74) is 2.95. The maximum absolute atomic E-state index is 12.3. The maximum atomic E-state index is 12.3. The molecule has 0 saturated carbocycles. The van der Waals surface area contributed by atoms with Gasteiger partial charge in [0.25, 0.3) is 0 Å². The molecule has 0 radical (unpaired) electrons. The number of nitrogens with zero attached hydrogens (tertiary/aromatic N) is 3. The minimum atomic E-state index is -0.398. The number of amides is 1. The van der Waals surface area contributed by atoms with Gasteiger partial charge in [0.1, 0.15) is 5.56 Å². The molecule has 1 aromatic carbocycles. The lowest BCUT2D eigenvalue weighted by molar-refractivity contribution is -0.117. The predicted octanol–water partition coefficient (Wildman–Crippen LogP) is 2.23. The molecule has 140 valence electrons. The Morgan fingerprint density at radius 2 is 2.00 bits per heavy atom. The number of carbonyl (C=O) groups is 2. The molecule has 0 fully saturated rings. The molecule has 0 saturated heterocycles. The highest BCUT2D eigenvalue weighted by Gasteiger charge is 2.19. The van der Waals surface area contributed by atoms with E-state index < -0.39 is 5.97 Å². The van der Waals surface area contributed by atoms with Crippen molar-refractivity contribution >= 4 is 17.6 Å². The molecule has 0 aliphatic heterocycles. The number of aromatic nitrogens is 2. The second kappa shape index (κ2) is 9.15. The van der Waals surface area contributed by atoms with E-state index in [2.05, 4.69) is 17.3 Å². The summed E-state index contributed by atoms with van der Waals surface area (Å²) in [6, 6.07) is 7.75. The van der Waals surface area contributed by atoms with Crippen molar-refractivity contribution in [1.82, 2.24) is 14.7 Å². The van der Waals surface area contributed by atoms with Crippen LogP contribution in [0.1, 0.15) is 35.5 Å². The number of likely N-dealkylation sites (N-methyl/N-ethyl adjacent to an activating group) is 1. The third-order valence-electron chi connectivity index (χ3n) is 3.91. The van der Waals surface area contributed by atoms with Crippen molar-refractivity contribution in [1.29, 1.82) is 0 Å². The van der Waals surface area contributed by atoms with Crippen molar-refractivity contribution < 1.29 is 14.3 Å². The van der Waals surface area contributed by atoms with E-state index in [1.807, 2.05) is 36.2 Å². The van der Waals surface area contributed by atoms with Crippen molar-refractivity contribution in [2.24, 2.45) is 7.05 Å². The zero-order chi connectivity index (χ0) is 19.1. The average Bonchev–Trinajstić information content (AvgIpc) is 2.95. The van der Waals surface area contributed by atoms with Gasteiger partial charge in [-0.15, -0.1) is 0 Å². The molecular weight excluding hydrogens is 332 g/mol. The first-order valence-electron chi connectivity index (χ1n) is 8.70. The Balaban J connectivity index is 1.99. The summed E-state index contributed by atoms with van der Waals surface area (Å²) >= 11 is 0. The minimum absolute atomic E-state index is 0.109. The first-order valence-corrected chi connectivity index (χ1v) is 8.70. The number of nitrogens with one attached hydrogen (secondary N) is 1. The molecule has 1 aromatic heterocycles. The van der Waals surface area contributed by atoms with E-state index in [9.17, 15) is 9.59 Å². The number of carbonyl (C=O) groups excluding carboxylic acids is 2. The normalized spacial score (nSPS) is 10.8. The van der Waals surface area contributed by atoms with E-state index in [1.165, 1.54) is 0 Å². The molecule has 7 heteroatoms. The van der Waals surface area contributed by atoms with E-state index >= 15 is 0 Å². The number of hydrogen-bond acceptors (Lipinski definition) is 5. The smallest absolute Gasteiger partial charge is 0.341 e. The van der Waals surface area contributed by atoms with Crippen LogP contribution in [0, 0.1) is 0 Å². The third-order valence-corrected chi connectivity index (χ3v) is 3.91. The van der Waals surface area contributed by atoms with Gasteiger partial charge in [0.15, 0.2) is 0 Å². The number of anilines is 1. The largest absolute Gasteiger partial charge is 0.462 e. The Kier molecular flexibility index (Phi) is 6.91. The summed E-state index contributed by atoms with van der Waals surface area (Å²) in [4.78, 5) is 26.2. The molecular formula is C19H26N4O3. The summed E-state index contributed by atoms with van der Waals surface area (Å²) < 4.78 is 6.64. The Labute approximate surface area is 153 Å². The van der Waals surface area contributed by atoms with Gasteiger partial charge in [0, 0.05) is 25.5 Å². The fourth-order valence-electron chi connectivity index (χ4n) is 2.73. The number of esters is 1. The van der Waals surface area contributed by atoms with E-state index in [-0.39, 0.29) is 12.5 Å². The van der Waals surface area contributed by atoms with Gasteiger partial charge in [-0.2, -0.15) is 5.10 Å². The quantitative estimate of drug-likeness (QED) is 0.732. The van der Waals surface area contributed by atoms with Crippen LogP contribution in [-0.4, -0.2) is 46.8 Å². The monoisotopic (exact) mass is 358 g/mol. The molecule has 2 rings (SSSR count). The topological polar surface area (TPSA) is 76.5 Å². The molecule has 0 bridgehead atoms. The van der Waals surface area contributed by atoms with Crippen molar-refractivity contribution in [2.75, 3.05) is 25.5 Å². The number of aryl methyl sites for hydroxylation is 2. The number of rotatable bonds is 8. The average molecular weight is 358 g/mol. The molecule has 0 aliphatic rings. The van der Waals surface area contributed by atoms with E-state index in [1.54, 1.807) is 24.9 Å². The van der Waals surface area contributed by atoms with Crippen LogP contribution < -0.4 is 5.32 Å². The van der Waals surface area contributed by atoms with Crippen LogP contribution in [0.4, 0.5) is 5.69 Å². The minimum Gasteiger partial charge on any atom is -0.462 e. The van der Waals surface area contributed by atoms with Crippen molar-refractivity contribution in [3.8, 4) is 0 Å². The molecule has 7 nitrogen and oxygen atoms in total. The van der Waals surface area contributed by atoms with Gasteiger partial charge in [0.05, 0.1) is 18.8 Å². The molecule has 0 aliphatic carbocycles. The third kappa shape index (κ3) is 5.16. The Bertz CT molecular complexity index is 770. The molecule has 0 unspecified atom stereocenters. The second-order valence-corrected chi connectivity index (χ2v) is 6.11. The van der Waals surface area contributed by atoms with Gasteiger partial charge in [-0.3, -0.25) is 14.4 Å². The van der Waals surface area contributed by atoms with Crippen LogP contribution >= 0.6 is 0 Å². The van der Waals surface area contributed by atoms with Crippen LogP contribution in [0.2, 0.25) is 0 Å². The summed E-state index contributed by atoms with van der Waals surface area (Å²) in [6.45, 7) is 4.69. The zero-order valence-electron chi connectivity index (χ0n) is 15.8. The number of para-hydroxylation sites is 1. The van der Waals surface area contributed by atoms with Crippen LogP contribution in [-0.2, 0) is 29.5 Å². The Morgan fingerprint density at radius 3 is 2.69 bits per heavy atom. The number of hydrogen-bond donors (Lipinski definition) is 1. The highest BCUT2D eigenvalue weighted by molar-refractivity contribution is 5.93. The van der Waals surface area contributed by atoms with Gasteiger partial charge in [0.2, 0.25) is 5.91 Å². The first kappa shape index (κ1) is 19.7. The highest BCUT2D eigenvalue weighted by Crippen LogP contribution is 2.15. The second-order valence-electron chi connectivity index (χ2n) is 6.11. The standard InChI is InChI=1S/C19H26N4O3/c1-5-14-9-7-8-10-16(14)20-18(24)13-22(3)12-17-15(11-23(4)21-17)19(25)26-6-2/h7-11H,5-6,12-13H2,1-4H3,(H,20,24). The Morgan fingerprint density at radius 1 is 1.27 bits per heavy atom. The fourth-order valence-corrected chi connectivity index (χ4v) is 2.73.